The Labute approximate surface area is 161 Å². The highest BCUT2D eigenvalue weighted by molar-refractivity contribution is 5.74. The van der Waals surface area contributed by atoms with Gasteiger partial charge in [-0.25, -0.2) is 4.79 Å². The molecule has 1 atom stereocenters. The topological polar surface area (TPSA) is 97.3 Å². The number of benzene rings is 1. The van der Waals surface area contributed by atoms with Crippen LogP contribution >= 0.6 is 0 Å². The summed E-state index contributed by atoms with van der Waals surface area (Å²) >= 11 is 0. The third kappa shape index (κ3) is 3.02. The van der Waals surface area contributed by atoms with Crippen molar-refractivity contribution in [1.82, 2.24) is 24.0 Å². The second kappa shape index (κ2) is 7.25. The molecule has 3 aromatic rings. The van der Waals surface area contributed by atoms with E-state index in [1.54, 1.807) is 11.6 Å². The summed E-state index contributed by atoms with van der Waals surface area (Å²) in [5.74, 6) is 0.602. The van der Waals surface area contributed by atoms with Gasteiger partial charge in [0.2, 0.25) is 5.95 Å². The van der Waals surface area contributed by atoms with Gasteiger partial charge >= 0.3 is 5.69 Å². The monoisotopic (exact) mass is 384 g/mol. The van der Waals surface area contributed by atoms with Gasteiger partial charge in [0.15, 0.2) is 11.2 Å². The van der Waals surface area contributed by atoms with E-state index in [1.165, 1.54) is 11.6 Å². The lowest BCUT2D eigenvalue weighted by Gasteiger charge is -2.29. The van der Waals surface area contributed by atoms with Crippen molar-refractivity contribution in [3.63, 3.8) is 0 Å². The number of aryl methyl sites for hydroxylation is 1. The van der Waals surface area contributed by atoms with Crippen molar-refractivity contribution in [3.8, 4) is 0 Å². The minimum Gasteiger partial charge on any atom is -0.387 e. The Bertz CT molecular complexity index is 1110. The smallest absolute Gasteiger partial charge is 0.332 e. The predicted molar refractivity (Wildman–Crippen MR) is 107 cm³/mol. The molecule has 0 amide bonds. The van der Waals surface area contributed by atoms with Gasteiger partial charge in [0.05, 0.1) is 12.6 Å². The van der Waals surface area contributed by atoms with Crippen LogP contribution in [0.15, 0.2) is 39.9 Å². The number of aromatic nitrogens is 4. The van der Waals surface area contributed by atoms with Crippen molar-refractivity contribution < 1.29 is 5.11 Å². The average Bonchev–Trinajstić information content (AvgIpc) is 3.11. The van der Waals surface area contributed by atoms with E-state index in [2.05, 4.69) is 15.2 Å². The summed E-state index contributed by atoms with van der Waals surface area (Å²) in [6, 6.07) is 9.32. The first kappa shape index (κ1) is 18.5. The van der Waals surface area contributed by atoms with Gasteiger partial charge in [0.25, 0.3) is 5.56 Å². The van der Waals surface area contributed by atoms with Crippen LogP contribution in [0.5, 0.6) is 0 Å². The summed E-state index contributed by atoms with van der Waals surface area (Å²) in [5.41, 5.74) is 0.595. The van der Waals surface area contributed by atoms with Gasteiger partial charge in [-0.3, -0.25) is 13.9 Å². The molecular formula is C19H24N6O3. The standard InChI is InChI=1S/C19H24N6O3/c1-22-16-15(17(27)23(2)19(22)28)25(12-14(26)13-6-4-3-5-7-13)18(21-16)24-10-8-20-9-11-24/h3-7,14,20,26H,8-12H2,1-2H3/t14-/m0/s1. The van der Waals surface area contributed by atoms with Crippen LogP contribution in [0.3, 0.4) is 0 Å². The van der Waals surface area contributed by atoms with Gasteiger partial charge in [0.1, 0.15) is 0 Å². The van der Waals surface area contributed by atoms with E-state index in [4.69, 9.17) is 0 Å². The van der Waals surface area contributed by atoms with Crippen LogP contribution < -0.4 is 21.5 Å². The fourth-order valence-corrected chi connectivity index (χ4v) is 3.67. The number of hydrogen-bond acceptors (Lipinski definition) is 6. The molecule has 0 unspecified atom stereocenters. The highest BCUT2D eigenvalue weighted by atomic mass is 16.3. The Morgan fingerprint density at radius 2 is 1.79 bits per heavy atom. The first-order valence-corrected chi connectivity index (χ1v) is 9.34. The highest BCUT2D eigenvalue weighted by Gasteiger charge is 2.25. The number of rotatable bonds is 4. The maximum atomic E-state index is 12.9. The molecule has 0 saturated carbocycles. The maximum absolute atomic E-state index is 12.9. The largest absolute Gasteiger partial charge is 0.387 e. The molecular weight excluding hydrogens is 360 g/mol. The summed E-state index contributed by atoms with van der Waals surface area (Å²) in [6.45, 7) is 3.26. The average molecular weight is 384 g/mol. The van der Waals surface area contributed by atoms with Gasteiger partial charge in [-0.05, 0) is 5.56 Å². The Balaban J connectivity index is 1.90. The molecule has 9 heteroatoms. The van der Waals surface area contributed by atoms with Crippen molar-refractivity contribution in [2.45, 2.75) is 12.6 Å². The van der Waals surface area contributed by atoms with E-state index in [0.717, 1.165) is 36.3 Å². The van der Waals surface area contributed by atoms with Crippen LogP contribution in [-0.4, -0.2) is 50.0 Å². The zero-order valence-electron chi connectivity index (χ0n) is 16.0. The fourth-order valence-electron chi connectivity index (χ4n) is 3.67. The molecule has 2 aromatic heterocycles. The number of imidazole rings is 1. The molecule has 1 aliphatic heterocycles. The van der Waals surface area contributed by atoms with Gasteiger partial charge in [-0.1, -0.05) is 30.3 Å². The van der Waals surface area contributed by atoms with Gasteiger partial charge in [0, 0.05) is 40.3 Å². The number of nitrogens with zero attached hydrogens (tertiary/aromatic N) is 5. The molecule has 3 heterocycles. The first-order valence-electron chi connectivity index (χ1n) is 9.34. The van der Waals surface area contributed by atoms with Crippen LogP contribution in [0.1, 0.15) is 11.7 Å². The fraction of sp³-hybridized carbons (Fsp3) is 0.421. The molecule has 1 fully saturated rings. The van der Waals surface area contributed by atoms with Crippen LogP contribution in [0, 0.1) is 0 Å². The number of hydrogen-bond donors (Lipinski definition) is 2. The molecule has 0 aliphatic carbocycles. The van der Waals surface area contributed by atoms with E-state index < -0.39 is 17.4 Å². The minimum atomic E-state index is -0.804. The summed E-state index contributed by atoms with van der Waals surface area (Å²) in [5, 5.41) is 14.1. The minimum absolute atomic E-state index is 0.174. The van der Waals surface area contributed by atoms with E-state index in [0.29, 0.717) is 17.1 Å². The third-order valence-electron chi connectivity index (χ3n) is 5.27. The van der Waals surface area contributed by atoms with Crippen LogP contribution in [-0.2, 0) is 20.6 Å². The Kier molecular flexibility index (Phi) is 4.78. The zero-order chi connectivity index (χ0) is 19.8. The van der Waals surface area contributed by atoms with Crippen molar-refractivity contribution >= 4 is 17.1 Å². The molecule has 148 valence electrons. The molecule has 1 aromatic carbocycles. The number of fused-ring (bicyclic) bond motifs is 1. The first-order chi connectivity index (χ1) is 13.5. The lowest BCUT2D eigenvalue weighted by atomic mass is 10.1. The van der Waals surface area contributed by atoms with Crippen LogP contribution in [0.4, 0.5) is 5.95 Å². The molecule has 4 rings (SSSR count). The Hall–Kier alpha value is -2.91. The maximum Gasteiger partial charge on any atom is 0.332 e. The number of aliphatic hydroxyl groups excluding tert-OH is 1. The lowest BCUT2D eigenvalue weighted by Crippen LogP contribution is -2.44. The van der Waals surface area contributed by atoms with E-state index in [9.17, 15) is 14.7 Å². The molecule has 28 heavy (non-hydrogen) atoms. The van der Waals surface area contributed by atoms with Gasteiger partial charge < -0.3 is 19.9 Å². The van der Waals surface area contributed by atoms with Crippen molar-refractivity contribution in [1.29, 1.82) is 0 Å². The summed E-state index contributed by atoms with van der Waals surface area (Å²) in [6.07, 6.45) is -0.804. The predicted octanol–water partition coefficient (Wildman–Crippen LogP) is -0.423. The van der Waals surface area contributed by atoms with Gasteiger partial charge in [-0.2, -0.15) is 4.98 Å². The summed E-state index contributed by atoms with van der Waals surface area (Å²) < 4.78 is 4.21. The van der Waals surface area contributed by atoms with Crippen molar-refractivity contribution in [2.24, 2.45) is 14.1 Å². The molecule has 0 radical (unpaired) electrons. The normalized spacial score (nSPS) is 15.9. The highest BCUT2D eigenvalue weighted by Crippen LogP contribution is 2.24. The Morgan fingerprint density at radius 1 is 1.11 bits per heavy atom. The zero-order valence-corrected chi connectivity index (χ0v) is 16.0. The SMILES string of the molecule is Cn1c(=O)c2c(nc(N3CCNCC3)n2C[C@H](O)c2ccccc2)n(C)c1=O. The Morgan fingerprint density at radius 3 is 2.46 bits per heavy atom. The summed E-state index contributed by atoms with van der Waals surface area (Å²) in [4.78, 5) is 32.0. The van der Waals surface area contributed by atoms with E-state index in [-0.39, 0.29) is 6.54 Å². The lowest BCUT2D eigenvalue weighted by molar-refractivity contribution is 0.158. The summed E-state index contributed by atoms with van der Waals surface area (Å²) in [7, 11) is 3.07. The van der Waals surface area contributed by atoms with Crippen molar-refractivity contribution in [3.05, 3.63) is 56.7 Å². The number of aliphatic hydroxyl groups is 1. The molecule has 0 spiro atoms. The van der Waals surface area contributed by atoms with Crippen LogP contribution in [0.2, 0.25) is 0 Å². The molecule has 9 nitrogen and oxygen atoms in total. The molecule has 1 saturated heterocycles. The second-order valence-corrected chi connectivity index (χ2v) is 7.06. The van der Waals surface area contributed by atoms with E-state index >= 15 is 0 Å². The van der Waals surface area contributed by atoms with E-state index in [1.807, 2.05) is 30.3 Å². The number of nitrogens with one attached hydrogen (secondary N) is 1. The molecule has 1 aliphatic rings. The number of anilines is 1. The van der Waals surface area contributed by atoms with Gasteiger partial charge in [-0.15, -0.1) is 0 Å². The molecule has 0 bridgehead atoms. The molecule has 2 N–H and O–H groups in total. The quantitative estimate of drug-likeness (QED) is 0.634. The van der Waals surface area contributed by atoms with Crippen molar-refractivity contribution in [2.75, 3.05) is 31.1 Å². The number of piperazine rings is 1. The second-order valence-electron chi connectivity index (χ2n) is 7.06. The van der Waals surface area contributed by atoms with Crippen LogP contribution in [0.25, 0.3) is 11.2 Å². The third-order valence-corrected chi connectivity index (χ3v) is 5.27.